The maximum Gasteiger partial charge on any atom is 0.191 e. The van der Waals surface area contributed by atoms with E-state index in [1.807, 2.05) is 30.3 Å². The molecule has 0 radical (unpaired) electrons. The quantitative estimate of drug-likeness (QED) is 0.336. The number of nitrogens with zero attached hydrogens (tertiary/aromatic N) is 3. The lowest BCUT2D eigenvalue weighted by molar-refractivity contribution is 0.695. The number of hydrazone groups is 1. The Balaban J connectivity index is 1.55. The lowest BCUT2D eigenvalue weighted by Gasteiger charge is -2.10. The van der Waals surface area contributed by atoms with E-state index in [2.05, 4.69) is 46.4 Å². The number of nitriles is 1. The monoisotopic (exact) mass is 433 g/mol. The van der Waals surface area contributed by atoms with Crippen LogP contribution in [0.15, 0.2) is 41.5 Å². The van der Waals surface area contributed by atoms with Crippen LogP contribution in [0.2, 0.25) is 0 Å². The summed E-state index contributed by atoms with van der Waals surface area (Å²) in [6, 6.07) is 14.3. The zero-order valence-corrected chi connectivity index (χ0v) is 18.7. The van der Waals surface area contributed by atoms with Crippen LogP contribution in [-0.4, -0.2) is 15.9 Å². The molecular weight excluding hydrogens is 410 g/mol. The Morgan fingerprint density at radius 1 is 1.23 bits per heavy atom. The van der Waals surface area contributed by atoms with E-state index in [4.69, 9.17) is 12.2 Å². The predicted molar refractivity (Wildman–Crippen MR) is 128 cm³/mol. The number of thiophene rings is 1. The van der Waals surface area contributed by atoms with Crippen molar-refractivity contribution >= 4 is 40.6 Å². The third-order valence-electron chi connectivity index (χ3n) is 5.34. The Morgan fingerprint density at radius 3 is 2.77 bits per heavy atom. The van der Waals surface area contributed by atoms with Gasteiger partial charge in [0, 0.05) is 27.5 Å². The van der Waals surface area contributed by atoms with Crippen LogP contribution in [-0.2, 0) is 12.8 Å². The van der Waals surface area contributed by atoms with Crippen molar-refractivity contribution in [1.29, 1.82) is 5.26 Å². The number of hydrogen-bond acceptors (Lipinski definition) is 4. The van der Waals surface area contributed by atoms with Crippen molar-refractivity contribution in [3.63, 3.8) is 0 Å². The molecule has 0 saturated carbocycles. The Hall–Kier alpha value is -2.95. The summed E-state index contributed by atoms with van der Waals surface area (Å²) in [6.07, 6.45) is 6.25. The average molecular weight is 434 g/mol. The van der Waals surface area contributed by atoms with Crippen molar-refractivity contribution in [3.8, 4) is 11.1 Å². The van der Waals surface area contributed by atoms with Crippen molar-refractivity contribution in [2.45, 2.75) is 39.5 Å². The highest BCUT2D eigenvalue weighted by Gasteiger charge is 2.23. The van der Waals surface area contributed by atoms with E-state index in [1.54, 1.807) is 17.6 Å². The second kappa shape index (κ2) is 8.82. The van der Waals surface area contributed by atoms with Crippen LogP contribution >= 0.6 is 23.6 Å². The van der Waals surface area contributed by atoms with E-state index < -0.39 is 0 Å². The highest BCUT2D eigenvalue weighted by molar-refractivity contribution is 7.80. The van der Waals surface area contributed by atoms with Gasteiger partial charge in [0.15, 0.2) is 5.11 Å². The van der Waals surface area contributed by atoms with Gasteiger partial charge in [-0.25, -0.2) is 0 Å². The molecule has 2 aromatic heterocycles. The van der Waals surface area contributed by atoms with Crippen LogP contribution in [0.3, 0.4) is 0 Å². The van der Waals surface area contributed by atoms with E-state index >= 15 is 0 Å². The van der Waals surface area contributed by atoms with Gasteiger partial charge in [0.05, 0.1) is 11.8 Å². The van der Waals surface area contributed by atoms with Crippen LogP contribution in [0.1, 0.15) is 45.8 Å². The third kappa shape index (κ3) is 4.02. The Morgan fingerprint density at radius 2 is 2.00 bits per heavy atom. The lowest BCUT2D eigenvalue weighted by atomic mass is 9.96. The summed E-state index contributed by atoms with van der Waals surface area (Å²) in [7, 11) is 0. The van der Waals surface area contributed by atoms with Crippen molar-refractivity contribution in [3.05, 3.63) is 69.4 Å². The molecule has 1 aromatic carbocycles. The number of para-hydroxylation sites is 1. The maximum atomic E-state index is 9.82. The highest BCUT2D eigenvalue weighted by atomic mass is 32.1. The van der Waals surface area contributed by atoms with E-state index in [0.717, 1.165) is 46.0 Å². The van der Waals surface area contributed by atoms with Gasteiger partial charge in [0.25, 0.3) is 0 Å². The molecule has 0 amide bonds. The summed E-state index contributed by atoms with van der Waals surface area (Å²) >= 11 is 7.06. The van der Waals surface area contributed by atoms with Crippen molar-refractivity contribution in [1.82, 2.24) is 9.99 Å². The van der Waals surface area contributed by atoms with Gasteiger partial charge in [0.2, 0.25) is 0 Å². The predicted octanol–water partition coefficient (Wildman–Crippen LogP) is 5.23. The number of benzene rings is 1. The number of nitrogens with one attached hydrogen (secondary N) is 2. The first-order valence-corrected chi connectivity index (χ1v) is 11.2. The number of fused-ring (bicyclic) bond motifs is 1. The molecule has 0 fully saturated rings. The summed E-state index contributed by atoms with van der Waals surface area (Å²) in [5.74, 6) is 0. The lowest BCUT2D eigenvalue weighted by Crippen LogP contribution is -2.23. The molecule has 1 aliphatic carbocycles. The maximum absolute atomic E-state index is 9.82. The number of aryl methyl sites for hydroxylation is 2. The molecule has 0 bridgehead atoms. The highest BCUT2D eigenvalue weighted by Crippen LogP contribution is 2.38. The minimum atomic E-state index is 0.434. The molecule has 30 heavy (non-hydrogen) atoms. The number of thiocarbonyl (C=S) groups is 1. The zero-order chi connectivity index (χ0) is 21.1. The molecule has 152 valence electrons. The summed E-state index contributed by atoms with van der Waals surface area (Å²) < 4.78 is 2.18. The molecule has 1 aliphatic rings. The van der Waals surface area contributed by atoms with Crippen LogP contribution in [0.5, 0.6) is 0 Å². The molecule has 5 nitrogen and oxygen atoms in total. The average Bonchev–Trinajstić information content (AvgIpc) is 3.24. The largest absolute Gasteiger partial charge is 0.331 e. The molecule has 0 saturated heterocycles. The fourth-order valence-corrected chi connectivity index (χ4v) is 5.52. The summed E-state index contributed by atoms with van der Waals surface area (Å²) in [4.78, 5) is 1.37. The second-order valence-electron chi connectivity index (χ2n) is 7.35. The molecule has 0 spiro atoms. The van der Waals surface area contributed by atoms with Crippen molar-refractivity contribution in [2.75, 3.05) is 5.32 Å². The van der Waals surface area contributed by atoms with Gasteiger partial charge in [-0.1, -0.05) is 18.2 Å². The van der Waals surface area contributed by atoms with Crippen molar-refractivity contribution in [2.24, 2.45) is 5.10 Å². The molecule has 0 aliphatic heterocycles. The standard InChI is InChI=1S/C23H23N5S2/c1-15-12-17(14-25-27-23(29)26-18-8-4-3-5-9-18)16(2)28(15)22-20(13-24)19-10-6-7-11-21(19)30-22/h3-5,8-9,12,14H,6-7,10-11H2,1-2H3,(H2,26,27,29)/b25-14-. The minimum Gasteiger partial charge on any atom is -0.331 e. The topological polar surface area (TPSA) is 65.1 Å². The number of rotatable bonds is 4. The van der Waals surface area contributed by atoms with Gasteiger partial charge in [-0.3, -0.25) is 5.43 Å². The first kappa shape index (κ1) is 20.3. The Kier molecular flexibility index (Phi) is 5.98. The first-order valence-electron chi connectivity index (χ1n) is 9.97. The molecule has 2 heterocycles. The molecule has 7 heteroatoms. The Bertz CT molecular complexity index is 1150. The van der Waals surface area contributed by atoms with Crippen molar-refractivity contribution < 1.29 is 0 Å². The van der Waals surface area contributed by atoms with Crippen LogP contribution in [0.4, 0.5) is 5.69 Å². The molecular formula is C23H23N5S2. The number of anilines is 1. The fourth-order valence-electron chi connectivity index (χ4n) is 3.90. The first-order chi connectivity index (χ1) is 14.6. The van der Waals surface area contributed by atoms with Gasteiger partial charge in [0.1, 0.15) is 11.1 Å². The zero-order valence-electron chi connectivity index (χ0n) is 17.0. The van der Waals surface area contributed by atoms with Gasteiger partial charge in [-0.15, -0.1) is 11.3 Å². The van der Waals surface area contributed by atoms with E-state index in [1.165, 1.54) is 23.3 Å². The number of hydrogen-bond donors (Lipinski definition) is 2. The van der Waals surface area contributed by atoms with Crippen LogP contribution in [0, 0.1) is 25.2 Å². The minimum absolute atomic E-state index is 0.434. The molecule has 0 unspecified atom stereocenters. The Labute approximate surface area is 186 Å². The normalized spacial score (nSPS) is 13.1. The molecule has 3 aromatic rings. The SMILES string of the molecule is Cc1cc(/C=N\NC(=S)Nc2ccccc2)c(C)n1-c1sc2c(c1C#N)CCCC2. The third-order valence-corrected chi connectivity index (χ3v) is 6.81. The van der Waals surface area contributed by atoms with Gasteiger partial charge < -0.3 is 9.88 Å². The smallest absolute Gasteiger partial charge is 0.191 e. The fraction of sp³-hybridized carbons (Fsp3) is 0.261. The van der Waals surface area contributed by atoms with Gasteiger partial charge in [-0.05, 0) is 75.5 Å². The van der Waals surface area contributed by atoms with Crippen LogP contribution < -0.4 is 10.7 Å². The van der Waals surface area contributed by atoms with E-state index in [9.17, 15) is 5.26 Å². The molecule has 2 N–H and O–H groups in total. The van der Waals surface area contributed by atoms with Crippen LogP contribution in [0.25, 0.3) is 5.00 Å². The molecule has 0 atom stereocenters. The van der Waals surface area contributed by atoms with Gasteiger partial charge in [-0.2, -0.15) is 10.4 Å². The van der Waals surface area contributed by atoms with E-state index in [-0.39, 0.29) is 0 Å². The summed E-state index contributed by atoms with van der Waals surface area (Å²) in [6.45, 7) is 4.13. The number of aromatic nitrogens is 1. The molecule has 4 rings (SSSR count). The van der Waals surface area contributed by atoms with E-state index in [0.29, 0.717) is 5.11 Å². The second-order valence-corrected chi connectivity index (χ2v) is 8.85. The summed E-state index contributed by atoms with van der Waals surface area (Å²) in [5, 5.41) is 18.7. The summed E-state index contributed by atoms with van der Waals surface area (Å²) in [5.41, 5.74) is 9.03. The van der Waals surface area contributed by atoms with Gasteiger partial charge >= 0.3 is 0 Å².